The van der Waals surface area contributed by atoms with E-state index in [1.54, 1.807) is 18.3 Å². The minimum Gasteiger partial charge on any atom is -0.339 e. The average molecular weight is 364 g/mol. The van der Waals surface area contributed by atoms with Gasteiger partial charge in [0, 0.05) is 18.0 Å². The molecule has 0 bridgehead atoms. The number of thiazole rings is 1. The number of aromatic nitrogens is 2. The van der Waals surface area contributed by atoms with Crippen molar-refractivity contribution >= 4 is 28.8 Å². The third-order valence-electron chi connectivity index (χ3n) is 3.01. The number of pyridine rings is 1. The molecule has 0 aliphatic rings. The van der Waals surface area contributed by atoms with Crippen LogP contribution in [0.1, 0.15) is 23.5 Å². The van der Waals surface area contributed by atoms with E-state index in [1.807, 2.05) is 5.32 Å². The highest BCUT2D eigenvalue weighted by molar-refractivity contribution is 7.17. The van der Waals surface area contributed by atoms with Gasteiger partial charge in [0.15, 0.2) is 5.15 Å². The number of nitrogens with one attached hydrogen (secondary N) is 1. The molecule has 0 aliphatic carbocycles. The summed E-state index contributed by atoms with van der Waals surface area (Å²) < 4.78 is 38.8. The number of nitrogens with zero attached hydrogens (tertiary/aromatic N) is 2. The molecule has 124 valence electrons. The molecule has 2 heterocycles. The van der Waals surface area contributed by atoms with Crippen molar-refractivity contribution < 1.29 is 18.0 Å². The van der Waals surface area contributed by atoms with Crippen molar-refractivity contribution in [3.63, 3.8) is 0 Å². The van der Waals surface area contributed by atoms with Gasteiger partial charge in [-0.05, 0) is 18.1 Å². The molecule has 0 fully saturated rings. The molecule has 0 saturated heterocycles. The van der Waals surface area contributed by atoms with Crippen LogP contribution >= 0.6 is 22.9 Å². The second-order valence-corrected chi connectivity index (χ2v) is 6.47. The lowest BCUT2D eigenvalue weighted by Gasteiger charge is -2.24. The van der Waals surface area contributed by atoms with E-state index in [1.165, 1.54) is 20.0 Å². The number of alkyl halides is 3. The van der Waals surface area contributed by atoms with E-state index >= 15 is 0 Å². The highest BCUT2D eigenvalue weighted by atomic mass is 35.5. The first kappa shape index (κ1) is 17.7. The van der Waals surface area contributed by atoms with E-state index < -0.39 is 24.0 Å². The molecule has 1 amide bonds. The summed E-state index contributed by atoms with van der Waals surface area (Å²) in [5.41, 5.74) is 0.634. The normalized spacial score (nSPS) is 13.2. The van der Waals surface area contributed by atoms with Gasteiger partial charge >= 0.3 is 6.18 Å². The number of halogens is 4. The summed E-state index contributed by atoms with van der Waals surface area (Å²) in [7, 11) is 0. The smallest absolute Gasteiger partial charge is 0.339 e. The number of hydrogen-bond acceptors (Lipinski definition) is 4. The van der Waals surface area contributed by atoms with E-state index in [4.69, 9.17) is 11.6 Å². The molecule has 0 spiro atoms. The lowest BCUT2D eigenvalue weighted by atomic mass is 10.0. The van der Waals surface area contributed by atoms with Gasteiger partial charge in [-0.2, -0.15) is 13.2 Å². The summed E-state index contributed by atoms with van der Waals surface area (Å²) in [6, 6.07) is 1.45. The maximum Gasteiger partial charge on any atom is 0.408 e. The number of hydrogen-bond donors (Lipinski definition) is 1. The molecule has 0 unspecified atom stereocenters. The lowest BCUT2D eigenvalue weighted by molar-refractivity contribution is -0.162. The van der Waals surface area contributed by atoms with Crippen LogP contribution in [0.5, 0.6) is 0 Å². The number of amides is 1. The average Bonchev–Trinajstić information content (AvgIpc) is 2.86. The van der Waals surface area contributed by atoms with Crippen molar-refractivity contribution in [3.8, 4) is 10.6 Å². The Morgan fingerprint density at radius 2 is 2.09 bits per heavy atom. The fourth-order valence-corrected chi connectivity index (χ4v) is 3.07. The highest BCUT2D eigenvalue weighted by Gasteiger charge is 2.43. The molecule has 9 heteroatoms. The van der Waals surface area contributed by atoms with Crippen LogP contribution in [0.25, 0.3) is 10.6 Å². The quantitative estimate of drug-likeness (QED) is 0.886. The second kappa shape index (κ2) is 6.84. The molecule has 4 nitrogen and oxygen atoms in total. The summed E-state index contributed by atoms with van der Waals surface area (Å²) in [5, 5.41) is 2.27. The van der Waals surface area contributed by atoms with Crippen LogP contribution in [0.4, 0.5) is 13.2 Å². The predicted molar refractivity (Wildman–Crippen MR) is 82.5 cm³/mol. The molecule has 1 atom stereocenters. The summed E-state index contributed by atoms with van der Waals surface area (Å²) in [4.78, 5) is 20.0. The molecule has 2 rings (SSSR count). The Hall–Kier alpha value is -1.67. The molecule has 0 radical (unpaired) electrons. The van der Waals surface area contributed by atoms with Crippen molar-refractivity contribution in [1.82, 2.24) is 15.3 Å². The molecular formula is C14H13ClF3N3OS. The number of carbonyl (C=O) groups is 1. The van der Waals surface area contributed by atoms with Gasteiger partial charge in [-0.1, -0.05) is 25.4 Å². The van der Waals surface area contributed by atoms with Gasteiger partial charge in [0.1, 0.15) is 15.9 Å². The van der Waals surface area contributed by atoms with Crippen molar-refractivity contribution in [1.29, 1.82) is 0 Å². The van der Waals surface area contributed by atoms with Gasteiger partial charge < -0.3 is 5.32 Å². The Kier molecular flexibility index (Phi) is 5.26. The van der Waals surface area contributed by atoms with Gasteiger partial charge in [-0.3, -0.25) is 9.78 Å². The van der Waals surface area contributed by atoms with Crippen LogP contribution in [-0.2, 0) is 0 Å². The number of carbonyl (C=O) groups excluding carboxylic acids is 1. The first-order valence-corrected chi connectivity index (χ1v) is 7.84. The zero-order chi connectivity index (χ0) is 17.2. The molecular weight excluding hydrogens is 351 g/mol. The largest absolute Gasteiger partial charge is 0.408 e. The standard InChI is InChI=1S/C14H13ClF3N3OS/c1-7(2)10(14(16,17)18)20-12(22)9-11(15)21-13(23-9)8-4-3-5-19-6-8/h3-7,10H,1-2H3,(H,20,22)/t10-/m0/s1. The van der Waals surface area contributed by atoms with Crippen molar-refractivity contribution in [2.24, 2.45) is 5.92 Å². The van der Waals surface area contributed by atoms with Crippen LogP contribution in [0.3, 0.4) is 0 Å². The van der Waals surface area contributed by atoms with E-state index in [0.29, 0.717) is 10.6 Å². The van der Waals surface area contributed by atoms with Crippen LogP contribution in [0.15, 0.2) is 24.5 Å². The first-order valence-electron chi connectivity index (χ1n) is 6.64. The molecule has 0 aromatic carbocycles. The van der Waals surface area contributed by atoms with E-state index in [9.17, 15) is 18.0 Å². The molecule has 1 N–H and O–H groups in total. The molecule has 2 aromatic rings. The van der Waals surface area contributed by atoms with Crippen LogP contribution < -0.4 is 5.32 Å². The topological polar surface area (TPSA) is 54.9 Å². The highest BCUT2D eigenvalue weighted by Crippen LogP contribution is 2.31. The summed E-state index contributed by atoms with van der Waals surface area (Å²) in [6.07, 6.45) is -1.43. The lowest BCUT2D eigenvalue weighted by Crippen LogP contribution is -2.48. The molecule has 2 aromatic heterocycles. The van der Waals surface area contributed by atoms with Crippen LogP contribution in [0.2, 0.25) is 5.15 Å². The molecule has 0 aliphatic heterocycles. The fraction of sp³-hybridized carbons (Fsp3) is 0.357. The zero-order valence-corrected chi connectivity index (χ0v) is 13.8. The van der Waals surface area contributed by atoms with Gasteiger partial charge in [0.05, 0.1) is 0 Å². The minimum atomic E-state index is -4.53. The predicted octanol–water partition coefficient (Wildman–Crippen LogP) is 4.18. The Balaban J connectivity index is 2.25. The third kappa shape index (κ3) is 4.20. The van der Waals surface area contributed by atoms with Crippen molar-refractivity contribution in [2.75, 3.05) is 0 Å². The Bertz CT molecular complexity index is 688. The molecule has 23 heavy (non-hydrogen) atoms. The van der Waals surface area contributed by atoms with E-state index in [0.717, 1.165) is 11.3 Å². The maximum atomic E-state index is 12.9. The third-order valence-corrected chi connectivity index (χ3v) is 4.50. The maximum absolute atomic E-state index is 12.9. The summed E-state index contributed by atoms with van der Waals surface area (Å²) in [6.45, 7) is 2.77. The molecule has 0 saturated carbocycles. The zero-order valence-electron chi connectivity index (χ0n) is 12.2. The summed E-state index contributed by atoms with van der Waals surface area (Å²) in [5.74, 6) is -1.69. The Morgan fingerprint density at radius 3 is 2.61 bits per heavy atom. The minimum absolute atomic E-state index is 0.0552. The fourth-order valence-electron chi connectivity index (χ4n) is 1.89. The van der Waals surface area contributed by atoms with Gasteiger partial charge in [0.2, 0.25) is 0 Å². The number of rotatable bonds is 4. The van der Waals surface area contributed by atoms with Crippen LogP contribution in [0, 0.1) is 5.92 Å². The Labute approximate surface area is 139 Å². The monoisotopic (exact) mass is 363 g/mol. The summed E-state index contributed by atoms with van der Waals surface area (Å²) >= 11 is 6.83. The van der Waals surface area contributed by atoms with Gasteiger partial charge in [-0.15, -0.1) is 11.3 Å². The second-order valence-electron chi connectivity index (χ2n) is 5.12. The first-order chi connectivity index (χ1) is 10.7. The van der Waals surface area contributed by atoms with Crippen molar-refractivity contribution in [2.45, 2.75) is 26.1 Å². The van der Waals surface area contributed by atoms with Gasteiger partial charge in [0.25, 0.3) is 5.91 Å². The SMILES string of the molecule is CC(C)[C@H](NC(=O)c1sc(-c2cccnc2)nc1Cl)C(F)(F)F. The van der Waals surface area contributed by atoms with Crippen molar-refractivity contribution in [3.05, 3.63) is 34.6 Å². The van der Waals surface area contributed by atoms with E-state index in [2.05, 4.69) is 9.97 Å². The van der Waals surface area contributed by atoms with E-state index in [-0.39, 0.29) is 10.0 Å². The Morgan fingerprint density at radius 1 is 1.39 bits per heavy atom. The van der Waals surface area contributed by atoms with Crippen LogP contribution in [-0.4, -0.2) is 28.1 Å². The van der Waals surface area contributed by atoms with Gasteiger partial charge in [-0.25, -0.2) is 4.98 Å².